The number of anilines is 2. The highest BCUT2D eigenvalue weighted by molar-refractivity contribution is 5.82. The molecule has 1 saturated heterocycles. The maximum atomic E-state index is 2.59. The van der Waals surface area contributed by atoms with Crippen LogP contribution in [-0.2, 0) is 0 Å². The van der Waals surface area contributed by atoms with Gasteiger partial charge in [0.25, 0.3) is 0 Å². The summed E-state index contributed by atoms with van der Waals surface area (Å²) in [5, 5.41) is 0. The number of benzene rings is 4. The Balaban J connectivity index is 1.53. The first kappa shape index (κ1) is 25.1. The van der Waals surface area contributed by atoms with Gasteiger partial charge in [0.05, 0.1) is 6.67 Å². The molecule has 0 saturated carbocycles. The third-order valence-electron chi connectivity index (χ3n) is 8.38. The van der Waals surface area contributed by atoms with Gasteiger partial charge in [-0.15, -0.1) is 0 Å². The summed E-state index contributed by atoms with van der Waals surface area (Å²) in [7, 11) is 0. The van der Waals surface area contributed by atoms with Gasteiger partial charge in [0.15, 0.2) is 0 Å². The van der Waals surface area contributed by atoms with E-state index in [9.17, 15) is 0 Å². The third kappa shape index (κ3) is 4.33. The molecule has 0 aromatic heterocycles. The average Bonchev–Trinajstić information content (AvgIpc) is 3.31. The van der Waals surface area contributed by atoms with Gasteiger partial charge in [-0.3, -0.25) is 0 Å². The van der Waals surface area contributed by atoms with Crippen molar-refractivity contribution in [2.45, 2.75) is 55.4 Å². The molecule has 1 aliphatic rings. The minimum Gasteiger partial charge on any atom is -0.352 e. The average molecular weight is 489 g/mol. The van der Waals surface area contributed by atoms with E-state index in [1.165, 1.54) is 78.1 Å². The first-order chi connectivity index (χ1) is 17.7. The van der Waals surface area contributed by atoms with E-state index in [0.717, 1.165) is 19.8 Å². The van der Waals surface area contributed by atoms with Crippen molar-refractivity contribution in [3.05, 3.63) is 105 Å². The monoisotopic (exact) mass is 488 g/mol. The zero-order valence-electron chi connectivity index (χ0n) is 23.8. The molecule has 0 amide bonds. The Bertz CT molecular complexity index is 1340. The lowest BCUT2D eigenvalue weighted by Gasteiger charge is -2.28. The summed E-state index contributed by atoms with van der Waals surface area (Å²) in [6.07, 6.45) is 0. The summed E-state index contributed by atoms with van der Waals surface area (Å²) in [5.41, 5.74) is 19.1. The quantitative estimate of drug-likeness (QED) is 0.283. The van der Waals surface area contributed by atoms with Crippen LogP contribution in [0.3, 0.4) is 0 Å². The van der Waals surface area contributed by atoms with Crippen LogP contribution in [0.5, 0.6) is 0 Å². The molecule has 1 aliphatic heterocycles. The summed E-state index contributed by atoms with van der Waals surface area (Å²) in [4.78, 5) is 5.18. The highest BCUT2D eigenvalue weighted by Gasteiger charge is 2.27. The lowest BCUT2D eigenvalue weighted by molar-refractivity contribution is 0.932. The molecule has 5 rings (SSSR count). The van der Waals surface area contributed by atoms with Gasteiger partial charge in [-0.25, -0.2) is 0 Å². The Hall–Kier alpha value is -3.52. The number of hydrogen-bond donors (Lipinski definition) is 0. The van der Waals surface area contributed by atoms with Crippen LogP contribution in [0.1, 0.15) is 44.5 Å². The molecule has 2 nitrogen and oxygen atoms in total. The topological polar surface area (TPSA) is 6.48 Å². The number of nitrogens with zero attached hydrogens (tertiary/aromatic N) is 2. The highest BCUT2D eigenvalue weighted by atomic mass is 15.4. The molecule has 2 heteroatoms. The van der Waals surface area contributed by atoms with Crippen LogP contribution in [0.25, 0.3) is 22.3 Å². The SMILES string of the molecule is Cc1cccc(C)c1-c1ccc(C)c(N2CCN(c3c(C)ccc(-c4c(C)cccc4C)c3C)C2)c1C. The van der Waals surface area contributed by atoms with Gasteiger partial charge in [0.2, 0.25) is 0 Å². The molecule has 1 fully saturated rings. The second-order valence-electron chi connectivity index (χ2n) is 11.0. The van der Waals surface area contributed by atoms with Crippen molar-refractivity contribution in [2.24, 2.45) is 0 Å². The van der Waals surface area contributed by atoms with Crippen LogP contribution < -0.4 is 9.80 Å². The Kier molecular flexibility index (Phi) is 6.62. The summed E-state index contributed by atoms with van der Waals surface area (Å²) in [5.74, 6) is 0. The molecule has 1 heterocycles. The first-order valence-corrected chi connectivity index (χ1v) is 13.5. The second-order valence-corrected chi connectivity index (χ2v) is 11.0. The van der Waals surface area contributed by atoms with Crippen molar-refractivity contribution in [2.75, 3.05) is 29.6 Å². The van der Waals surface area contributed by atoms with E-state index < -0.39 is 0 Å². The van der Waals surface area contributed by atoms with Crippen molar-refractivity contribution in [1.29, 1.82) is 0 Å². The summed E-state index contributed by atoms with van der Waals surface area (Å²) >= 11 is 0. The second kappa shape index (κ2) is 9.74. The Labute approximate surface area is 223 Å². The number of aryl methyl sites for hydroxylation is 6. The molecular weight excluding hydrogens is 448 g/mol. The van der Waals surface area contributed by atoms with Gasteiger partial charge in [-0.05, 0) is 122 Å². The lowest BCUT2D eigenvalue weighted by atomic mass is 9.90. The van der Waals surface area contributed by atoms with Crippen molar-refractivity contribution >= 4 is 11.4 Å². The predicted octanol–water partition coefficient (Wildman–Crippen LogP) is 8.77. The van der Waals surface area contributed by atoms with Crippen LogP contribution in [0.15, 0.2) is 60.7 Å². The first-order valence-electron chi connectivity index (χ1n) is 13.5. The van der Waals surface area contributed by atoms with E-state index >= 15 is 0 Å². The normalized spacial score (nSPS) is 13.5. The molecule has 0 atom stereocenters. The van der Waals surface area contributed by atoms with E-state index in [2.05, 4.69) is 126 Å². The largest absolute Gasteiger partial charge is 0.352 e. The molecule has 190 valence electrons. The van der Waals surface area contributed by atoms with E-state index in [1.54, 1.807) is 0 Å². The van der Waals surface area contributed by atoms with Crippen LogP contribution in [-0.4, -0.2) is 19.8 Å². The zero-order valence-corrected chi connectivity index (χ0v) is 23.8. The van der Waals surface area contributed by atoms with Gasteiger partial charge < -0.3 is 9.80 Å². The fourth-order valence-electron chi connectivity index (χ4n) is 6.62. The van der Waals surface area contributed by atoms with Crippen molar-refractivity contribution in [1.82, 2.24) is 0 Å². The summed E-state index contributed by atoms with van der Waals surface area (Å²) < 4.78 is 0. The molecule has 0 N–H and O–H groups in total. The molecule has 0 aliphatic carbocycles. The fourth-order valence-corrected chi connectivity index (χ4v) is 6.62. The molecule has 37 heavy (non-hydrogen) atoms. The Morgan fingerprint density at radius 2 is 0.784 bits per heavy atom. The number of rotatable bonds is 4. The van der Waals surface area contributed by atoms with E-state index in [-0.39, 0.29) is 0 Å². The summed E-state index contributed by atoms with van der Waals surface area (Å²) in [6, 6.07) is 22.5. The van der Waals surface area contributed by atoms with Gasteiger partial charge >= 0.3 is 0 Å². The van der Waals surface area contributed by atoms with Crippen molar-refractivity contribution < 1.29 is 0 Å². The smallest absolute Gasteiger partial charge is 0.0904 e. The van der Waals surface area contributed by atoms with Crippen LogP contribution >= 0.6 is 0 Å². The Morgan fingerprint density at radius 1 is 0.432 bits per heavy atom. The van der Waals surface area contributed by atoms with E-state index in [0.29, 0.717) is 0 Å². The van der Waals surface area contributed by atoms with Gasteiger partial charge in [0, 0.05) is 24.5 Å². The zero-order chi connectivity index (χ0) is 26.4. The maximum absolute atomic E-state index is 2.59. The lowest BCUT2D eigenvalue weighted by Crippen LogP contribution is -2.27. The number of hydrogen-bond acceptors (Lipinski definition) is 2. The minimum absolute atomic E-state index is 0.912. The van der Waals surface area contributed by atoms with E-state index in [1.807, 2.05) is 0 Å². The van der Waals surface area contributed by atoms with Gasteiger partial charge in [-0.2, -0.15) is 0 Å². The van der Waals surface area contributed by atoms with Gasteiger partial charge in [0.1, 0.15) is 0 Å². The van der Waals surface area contributed by atoms with Crippen molar-refractivity contribution in [3.63, 3.8) is 0 Å². The molecule has 0 bridgehead atoms. The highest BCUT2D eigenvalue weighted by Crippen LogP contribution is 2.40. The molecule has 0 unspecified atom stereocenters. The van der Waals surface area contributed by atoms with Crippen LogP contribution in [0, 0.1) is 55.4 Å². The van der Waals surface area contributed by atoms with E-state index in [4.69, 9.17) is 0 Å². The molecule has 0 radical (unpaired) electrons. The van der Waals surface area contributed by atoms with Crippen LogP contribution in [0.4, 0.5) is 11.4 Å². The molecular formula is C35H40N2. The molecule has 4 aromatic rings. The molecule has 4 aromatic carbocycles. The fraction of sp³-hybridized carbons (Fsp3) is 0.314. The third-order valence-corrected chi connectivity index (χ3v) is 8.38. The Morgan fingerprint density at radius 3 is 1.14 bits per heavy atom. The summed E-state index contributed by atoms with van der Waals surface area (Å²) in [6.45, 7) is 21.0. The van der Waals surface area contributed by atoms with Crippen molar-refractivity contribution in [3.8, 4) is 22.3 Å². The maximum Gasteiger partial charge on any atom is 0.0904 e. The minimum atomic E-state index is 0.912. The standard InChI is InChI=1S/C35H40N2/c1-22-11-9-12-23(2)32(22)30-17-15-26(5)34(28(30)7)36-19-20-37(21-36)35-27(6)16-18-31(29(35)8)33-24(3)13-10-14-25(33)4/h9-18H,19-21H2,1-8H3. The molecule has 0 spiro atoms. The van der Waals surface area contributed by atoms with Crippen LogP contribution in [0.2, 0.25) is 0 Å². The van der Waals surface area contributed by atoms with Gasteiger partial charge in [-0.1, -0.05) is 60.7 Å². The predicted molar refractivity (Wildman–Crippen MR) is 161 cm³/mol.